The predicted octanol–water partition coefficient (Wildman–Crippen LogP) is 1.73. The summed E-state index contributed by atoms with van der Waals surface area (Å²) in [5, 5.41) is 11.7. The molecule has 1 aromatic carbocycles. The van der Waals surface area contributed by atoms with Crippen LogP contribution in [0, 0.1) is 13.8 Å². The van der Waals surface area contributed by atoms with Gasteiger partial charge in [-0.3, -0.25) is 4.79 Å². The number of benzene rings is 1. The molecule has 2 aromatic rings. The van der Waals surface area contributed by atoms with Crippen LogP contribution in [0.2, 0.25) is 0 Å². The number of hydrogen-bond acceptors (Lipinski definition) is 5. The Labute approximate surface area is 133 Å². The molecule has 2 N–H and O–H groups in total. The highest BCUT2D eigenvalue weighted by atomic mass is 16.5. The van der Waals surface area contributed by atoms with E-state index < -0.39 is 11.9 Å². The van der Waals surface area contributed by atoms with Gasteiger partial charge in [-0.05, 0) is 38.1 Å². The first-order valence-electron chi connectivity index (χ1n) is 6.91. The number of ether oxygens (including phenoxy) is 1. The second-order valence-electron chi connectivity index (χ2n) is 5.00. The normalized spacial score (nSPS) is 10.2. The maximum absolute atomic E-state index is 12.2. The lowest BCUT2D eigenvalue weighted by Crippen LogP contribution is -2.24. The zero-order valence-corrected chi connectivity index (χ0v) is 13.1. The Morgan fingerprint density at radius 1 is 1.09 bits per heavy atom. The van der Waals surface area contributed by atoms with Crippen LogP contribution in [-0.4, -0.2) is 34.1 Å². The second-order valence-corrected chi connectivity index (χ2v) is 5.00. The summed E-state index contributed by atoms with van der Waals surface area (Å²) in [5.74, 6) is -0.750. The molecule has 0 atom stereocenters. The fourth-order valence-electron chi connectivity index (χ4n) is 2.11. The van der Waals surface area contributed by atoms with E-state index in [2.05, 4.69) is 15.3 Å². The highest BCUT2D eigenvalue weighted by molar-refractivity contribution is 5.98. The second kappa shape index (κ2) is 6.87. The van der Waals surface area contributed by atoms with Crippen LogP contribution >= 0.6 is 0 Å². The number of amides is 1. The summed E-state index contributed by atoms with van der Waals surface area (Å²) < 4.78 is 5.02. The van der Waals surface area contributed by atoms with Gasteiger partial charge in [0.05, 0.1) is 19.2 Å². The maximum Gasteiger partial charge on any atom is 0.335 e. The Balaban J connectivity index is 2.17. The number of nitrogens with zero attached hydrogens (tertiary/aromatic N) is 2. The maximum atomic E-state index is 12.2. The van der Waals surface area contributed by atoms with Crippen molar-refractivity contribution in [2.75, 3.05) is 7.11 Å². The van der Waals surface area contributed by atoms with E-state index in [0.717, 1.165) is 11.4 Å². The Morgan fingerprint density at radius 3 is 2.26 bits per heavy atom. The largest absolute Gasteiger partial charge is 0.497 e. The number of carboxylic acid groups (broad SMARTS) is 1. The number of carbonyl (C=O) groups is 2. The number of methoxy groups -OCH3 is 1. The van der Waals surface area contributed by atoms with Gasteiger partial charge in [0.15, 0.2) is 0 Å². The monoisotopic (exact) mass is 315 g/mol. The fourth-order valence-corrected chi connectivity index (χ4v) is 2.11. The molecule has 0 saturated carbocycles. The van der Waals surface area contributed by atoms with Gasteiger partial charge in [0, 0.05) is 17.0 Å². The molecule has 0 fully saturated rings. The minimum Gasteiger partial charge on any atom is -0.497 e. The number of aromatic nitrogens is 2. The van der Waals surface area contributed by atoms with Crippen LogP contribution in [0.3, 0.4) is 0 Å². The topological polar surface area (TPSA) is 101 Å². The first-order valence-corrected chi connectivity index (χ1v) is 6.91. The minimum atomic E-state index is -1.13. The van der Waals surface area contributed by atoms with Crippen LogP contribution < -0.4 is 10.1 Å². The van der Waals surface area contributed by atoms with Crippen LogP contribution in [0.1, 0.15) is 37.9 Å². The van der Waals surface area contributed by atoms with E-state index in [1.165, 1.54) is 25.3 Å². The van der Waals surface area contributed by atoms with Gasteiger partial charge in [-0.15, -0.1) is 0 Å². The Morgan fingerprint density at radius 2 is 1.70 bits per heavy atom. The molecule has 7 heteroatoms. The number of nitrogens with one attached hydrogen (secondary N) is 1. The average Bonchev–Trinajstić information content (AvgIpc) is 2.51. The molecule has 0 spiro atoms. The van der Waals surface area contributed by atoms with Gasteiger partial charge in [0.2, 0.25) is 0 Å². The Kier molecular flexibility index (Phi) is 4.90. The summed E-state index contributed by atoms with van der Waals surface area (Å²) in [6, 6.07) is 5.96. The molecular formula is C16H17N3O4. The summed E-state index contributed by atoms with van der Waals surface area (Å²) in [6.07, 6.45) is 0. The number of hydrogen-bond donors (Lipinski definition) is 2. The van der Waals surface area contributed by atoms with Crippen LogP contribution in [0.4, 0.5) is 0 Å². The summed E-state index contributed by atoms with van der Waals surface area (Å²) >= 11 is 0. The summed E-state index contributed by atoms with van der Waals surface area (Å²) in [6.45, 7) is 3.85. The zero-order valence-electron chi connectivity index (χ0n) is 13.1. The van der Waals surface area contributed by atoms with Crippen molar-refractivity contribution in [3.63, 3.8) is 0 Å². The first kappa shape index (κ1) is 16.4. The van der Waals surface area contributed by atoms with E-state index in [-0.39, 0.29) is 17.7 Å². The number of carbonyl (C=O) groups excluding carboxylic acids is 1. The molecule has 0 aliphatic rings. The number of aryl methyl sites for hydroxylation is 2. The molecule has 1 heterocycles. The van der Waals surface area contributed by atoms with Gasteiger partial charge in [-0.25, -0.2) is 14.8 Å². The molecule has 0 radical (unpaired) electrons. The third-order valence-electron chi connectivity index (χ3n) is 3.09. The first-order chi connectivity index (χ1) is 10.9. The van der Waals surface area contributed by atoms with Crippen molar-refractivity contribution in [3.8, 4) is 5.75 Å². The molecule has 0 bridgehead atoms. The van der Waals surface area contributed by atoms with Crippen molar-refractivity contribution in [1.29, 1.82) is 0 Å². The van der Waals surface area contributed by atoms with E-state index in [4.69, 9.17) is 9.84 Å². The smallest absolute Gasteiger partial charge is 0.335 e. The molecule has 23 heavy (non-hydrogen) atoms. The number of rotatable bonds is 5. The molecule has 0 aliphatic heterocycles. The number of carboxylic acids is 1. The third-order valence-corrected chi connectivity index (χ3v) is 3.09. The van der Waals surface area contributed by atoms with E-state index in [1.807, 2.05) is 19.9 Å². The molecule has 0 unspecified atom stereocenters. The summed E-state index contributed by atoms with van der Waals surface area (Å²) in [7, 11) is 1.41. The molecule has 7 nitrogen and oxygen atoms in total. The van der Waals surface area contributed by atoms with Crippen molar-refractivity contribution in [3.05, 3.63) is 52.6 Å². The van der Waals surface area contributed by atoms with Gasteiger partial charge >= 0.3 is 5.97 Å². The summed E-state index contributed by atoms with van der Waals surface area (Å²) in [4.78, 5) is 31.8. The molecule has 2 rings (SSSR count). The van der Waals surface area contributed by atoms with E-state index in [9.17, 15) is 9.59 Å². The van der Waals surface area contributed by atoms with E-state index >= 15 is 0 Å². The van der Waals surface area contributed by atoms with Crippen molar-refractivity contribution in [1.82, 2.24) is 15.3 Å². The van der Waals surface area contributed by atoms with Crippen LogP contribution in [0.5, 0.6) is 5.75 Å². The highest BCUT2D eigenvalue weighted by Crippen LogP contribution is 2.17. The van der Waals surface area contributed by atoms with Crippen molar-refractivity contribution in [2.45, 2.75) is 20.4 Å². The van der Waals surface area contributed by atoms with Gasteiger partial charge < -0.3 is 15.2 Å². The lowest BCUT2D eigenvalue weighted by molar-refractivity contribution is 0.0696. The van der Waals surface area contributed by atoms with Crippen molar-refractivity contribution < 1.29 is 19.4 Å². The van der Waals surface area contributed by atoms with Gasteiger partial charge in [-0.1, -0.05) is 0 Å². The van der Waals surface area contributed by atoms with Gasteiger partial charge in [0.1, 0.15) is 11.6 Å². The average molecular weight is 315 g/mol. The van der Waals surface area contributed by atoms with Gasteiger partial charge in [0.25, 0.3) is 5.91 Å². The lowest BCUT2D eigenvalue weighted by atomic mass is 10.1. The molecule has 1 amide bonds. The SMILES string of the molecule is COc1cc(C(=O)O)cc(C(=O)NCc2nc(C)cc(C)n2)c1. The molecular weight excluding hydrogens is 298 g/mol. The Hall–Kier alpha value is -2.96. The fraction of sp³-hybridized carbons (Fsp3) is 0.250. The predicted molar refractivity (Wildman–Crippen MR) is 82.6 cm³/mol. The van der Waals surface area contributed by atoms with Crippen molar-refractivity contribution >= 4 is 11.9 Å². The molecule has 120 valence electrons. The molecule has 0 saturated heterocycles. The van der Waals surface area contributed by atoms with E-state index in [1.54, 1.807) is 0 Å². The lowest BCUT2D eigenvalue weighted by Gasteiger charge is -2.08. The standard InChI is InChI=1S/C16H17N3O4/c1-9-4-10(2)19-14(18-9)8-17-15(20)11-5-12(16(21)22)7-13(6-11)23-3/h4-7H,8H2,1-3H3,(H,17,20)(H,21,22). The Bertz CT molecular complexity index is 739. The summed E-state index contributed by atoms with van der Waals surface area (Å²) in [5.41, 5.74) is 1.82. The van der Waals surface area contributed by atoms with Crippen LogP contribution in [0.15, 0.2) is 24.3 Å². The highest BCUT2D eigenvalue weighted by Gasteiger charge is 2.13. The van der Waals surface area contributed by atoms with Crippen molar-refractivity contribution in [2.24, 2.45) is 0 Å². The molecule has 1 aromatic heterocycles. The quantitative estimate of drug-likeness (QED) is 0.871. The van der Waals surface area contributed by atoms with Crippen LogP contribution in [-0.2, 0) is 6.54 Å². The minimum absolute atomic E-state index is 0.0165. The van der Waals surface area contributed by atoms with Gasteiger partial charge in [-0.2, -0.15) is 0 Å². The van der Waals surface area contributed by atoms with E-state index in [0.29, 0.717) is 11.6 Å². The zero-order chi connectivity index (χ0) is 17.0. The third kappa shape index (κ3) is 4.26. The molecule has 0 aliphatic carbocycles. The van der Waals surface area contributed by atoms with Crippen LogP contribution in [0.25, 0.3) is 0 Å². The number of aromatic carboxylic acids is 1.